The van der Waals surface area contributed by atoms with E-state index in [4.69, 9.17) is 14.2 Å². The first-order chi connectivity index (χ1) is 36.0. The van der Waals surface area contributed by atoms with Gasteiger partial charge in [-0.3, -0.25) is 14.4 Å². The molecule has 0 amide bonds. The molecule has 0 heterocycles. The number of carbonyl (C=O) groups excluding carboxylic acids is 3. The van der Waals surface area contributed by atoms with E-state index in [1.807, 2.05) is 0 Å². The number of hydrogen-bond acceptors (Lipinski definition) is 6. The Labute approximate surface area is 453 Å². The maximum Gasteiger partial charge on any atom is 0.306 e. The zero-order valence-corrected chi connectivity index (χ0v) is 48.4. The van der Waals surface area contributed by atoms with Gasteiger partial charge in [-0.2, -0.15) is 0 Å². The second-order valence-electron chi connectivity index (χ2n) is 20.9. The second kappa shape index (κ2) is 61.4. The van der Waals surface area contributed by atoms with Crippen LogP contribution in [-0.2, 0) is 28.6 Å². The van der Waals surface area contributed by atoms with Gasteiger partial charge in [0.05, 0.1) is 0 Å². The zero-order chi connectivity index (χ0) is 52.9. The first-order valence-electron chi connectivity index (χ1n) is 31.4. The third kappa shape index (κ3) is 59.6. The maximum atomic E-state index is 12.9. The van der Waals surface area contributed by atoms with Crippen LogP contribution in [0.3, 0.4) is 0 Å². The van der Waals surface area contributed by atoms with E-state index in [1.165, 1.54) is 173 Å². The molecule has 0 rings (SSSR count). The molecule has 0 aromatic rings. The van der Waals surface area contributed by atoms with Gasteiger partial charge in [0.15, 0.2) is 6.10 Å². The van der Waals surface area contributed by atoms with Gasteiger partial charge in [0.1, 0.15) is 13.2 Å². The molecule has 0 N–H and O–H groups in total. The Kier molecular flexibility index (Phi) is 58.7. The molecule has 0 saturated heterocycles. The van der Waals surface area contributed by atoms with Gasteiger partial charge >= 0.3 is 17.9 Å². The van der Waals surface area contributed by atoms with Crippen LogP contribution in [0.1, 0.15) is 316 Å². The lowest BCUT2D eigenvalue weighted by atomic mass is 10.0. The molecule has 0 aliphatic rings. The van der Waals surface area contributed by atoms with Gasteiger partial charge in [-0.15, -0.1) is 0 Å². The monoisotopic (exact) mass is 1020 g/mol. The summed E-state index contributed by atoms with van der Waals surface area (Å²) in [6.45, 7) is 6.52. The molecule has 6 nitrogen and oxygen atoms in total. The molecule has 0 radical (unpaired) electrons. The molecule has 0 aromatic carbocycles. The summed E-state index contributed by atoms with van der Waals surface area (Å²) in [4.78, 5) is 38.1. The summed E-state index contributed by atoms with van der Waals surface area (Å²) in [7, 11) is 0. The van der Waals surface area contributed by atoms with Gasteiger partial charge in [-0.25, -0.2) is 0 Å². The van der Waals surface area contributed by atoms with Crippen LogP contribution in [0.2, 0.25) is 0 Å². The summed E-state index contributed by atoms with van der Waals surface area (Å²) in [6.07, 6.45) is 79.2. The lowest BCUT2D eigenvalue weighted by molar-refractivity contribution is -0.167. The maximum absolute atomic E-state index is 12.9. The summed E-state index contributed by atoms with van der Waals surface area (Å²) in [5, 5.41) is 0. The zero-order valence-electron chi connectivity index (χ0n) is 48.4. The van der Waals surface area contributed by atoms with Gasteiger partial charge < -0.3 is 14.2 Å². The number of rotatable bonds is 57. The van der Waals surface area contributed by atoms with Crippen molar-refractivity contribution in [1.29, 1.82) is 0 Å². The van der Waals surface area contributed by atoms with Crippen molar-refractivity contribution in [3.63, 3.8) is 0 Å². The van der Waals surface area contributed by atoms with Crippen molar-refractivity contribution in [3.05, 3.63) is 72.9 Å². The quantitative estimate of drug-likeness (QED) is 0.0261. The number of ether oxygens (including phenoxy) is 3. The highest BCUT2D eigenvalue weighted by Crippen LogP contribution is 2.17. The molecule has 0 spiro atoms. The minimum absolute atomic E-state index is 0.0785. The first-order valence-corrected chi connectivity index (χ1v) is 31.4. The molecule has 0 aliphatic heterocycles. The lowest BCUT2D eigenvalue weighted by Gasteiger charge is -2.18. The molecule has 1 unspecified atom stereocenters. The molecular formula is C67H118O6. The van der Waals surface area contributed by atoms with Gasteiger partial charge in [-0.1, -0.05) is 280 Å². The molecule has 0 aromatic heterocycles. The predicted molar refractivity (Wildman–Crippen MR) is 316 cm³/mol. The van der Waals surface area contributed by atoms with E-state index < -0.39 is 6.10 Å². The minimum Gasteiger partial charge on any atom is -0.462 e. The number of esters is 3. The van der Waals surface area contributed by atoms with Gasteiger partial charge in [0, 0.05) is 19.3 Å². The van der Waals surface area contributed by atoms with Gasteiger partial charge in [0.25, 0.3) is 0 Å². The van der Waals surface area contributed by atoms with Crippen LogP contribution >= 0.6 is 0 Å². The fourth-order valence-corrected chi connectivity index (χ4v) is 9.00. The minimum atomic E-state index is -0.781. The average molecular weight is 1020 g/mol. The molecule has 422 valence electrons. The fourth-order valence-electron chi connectivity index (χ4n) is 9.00. The fraction of sp³-hybridized carbons (Fsp3) is 0.776. The van der Waals surface area contributed by atoms with Crippen molar-refractivity contribution in [3.8, 4) is 0 Å². The highest BCUT2D eigenvalue weighted by Gasteiger charge is 2.19. The average Bonchev–Trinajstić information content (AvgIpc) is 3.39. The van der Waals surface area contributed by atoms with Crippen molar-refractivity contribution in [2.45, 2.75) is 322 Å². The summed E-state index contributed by atoms with van der Waals surface area (Å²) in [5.41, 5.74) is 0. The van der Waals surface area contributed by atoms with Crippen molar-refractivity contribution >= 4 is 17.9 Å². The molecule has 6 heteroatoms. The Hall–Kier alpha value is -3.15. The number of unbranched alkanes of at least 4 members (excludes halogenated alkanes) is 34. The summed E-state index contributed by atoms with van der Waals surface area (Å²) in [5.74, 6) is -0.883. The van der Waals surface area contributed by atoms with E-state index in [-0.39, 0.29) is 31.1 Å². The Morgan fingerprint density at radius 2 is 0.534 bits per heavy atom. The molecule has 73 heavy (non-hydrogen) atoms. The van der Waals surface area contributed by atoms with Crippen molar-refractivity contribution < 1.29 is 28.6 Å². The van der Waals surface area contributed by atoms with Gasteiger partial charge in [-0.05, 0) is 89.9 Å². The summed E-state index contributed by atoms with van der Waals surface area (Å²) < 4.78 is 16.9. The smallest absolute Gasteiger partial charge is 0.306 e. The van der Waals surface area contributed by atoms with Gasteiger partial charge in [0.2, 0.25) is 0 Å². The number of hydrogen-bond donors (Lipinski definition) is 0. The molecule has 0 saturated carbocycles. The molecule has 1 atom stereocenters. The highest BCUT2D eigenvalue weighted by atomic mass is 16.6. The Morgan fingerprint density at radius 3 is 0.836 bits per heavy atom. The third-order valence-corrected chi connectivity index (χ3v) is 13.7. The number of allylic oxidation sites excluding steroid dienone is 12. The van der Waals surface area contributed by atoms with E-state index in [9.17, 15) is 14.4 Å². The summed E-state index contributed by atoms with van der Waals surface area (Å²) in [6, 6.07) is 0. The first kappa shape index (κ1) is 69.8. The van der Waals surface area contributed by atoms with Crippen LogP contribution < -0.4 is 0 Å². The molecule has 0 bridgehead atoms. The van der Waals surface area contributed by atoms with Crippen molar-refractivity contribution in [2.75, 3.05) is 13.2 Å². The van der Waals surface area contributed by atoms with E-state index >= 15 is 0 Å². The summed E-state index contributed by atoms with van der Waals surface area (Å²) >= 11 is 0. The van der Waals surface area contributed by atoms with Crippen LogP contribution in [0.5, 0.6) is 0 Å². The number of carbonyl (C=O) groups is 3. The normalized spacial score (nSPS) is 12.5. The molecular weight excluding hydrogens is 901 g/mol. The van der Waals surface area contributed by atoms with Crippen LogP contribution in [0, 0.1) is 0 Å². The van der Waals surface area contributed by atoms with Crippen LogP contribution in [0.15, 0.2) is 72.9 Å². The highest BCUT2D eigenvalue weighted by molar-refractivity contribution is 5.71. The van der Waals surface area contributed by atoms with Crippen LogP contribution in [0.25, 0.3) is 0 Å². The second-order valence-corrected chi connectivity index (χ2v) is 20.9. The Bertz CT molecular complexity index is 1360. The van der Waals surface area contributed by atoms with Crippen molar-refractivity contribution in [2.24, 2.45) is 0 Å². The Morgan fingerprint density at radius 1 is 0.288 bits per heavy atom. The Balaban J connectivity index is 4.19. The topological polar surface area (TPSA) is 78.9 Å². The largest absolute Gasteiger partial charge is 0.462 e. The van der Waals surface area contributed by atoms with E-state index in [0.29, 0.717) is 19.3 Å². The van der Waals surface area contributed by atoms with Crippen LogP contribution in [0.4, 0.5) is 0 Å². The van der Waals surface area contributed by atoms with E-state index in [1.54, 1.807) is 0 Å². The van der Waals surface area contributed by atoms with Crippen molar-refractivity contribution in [1.82, 2.24) is 0 Å². The lowest BCUT2D eigenvalue weighted by Crippen LogP contribution is -2.30. The van der Waals surface area contributed by atoms with Crippen LogP contribution in [-0.4, -0.2) is 37.2 Å². The SMILES string of the molecule is CC/C=C\C/C=C\C/C=C\C/C=C\CCCCCCCCC(=O)OC(COC(=O)CCCCCCCCCCC)COC(=O)CCCCCCCCCCCCCCCCC/C=C\C/C=C\CCCCCCC. The molecule has 0 aliphatic carbocycles. The third-order valence-electron chi connectivity index (χ3n) is 13.7. The standard InChI is InChI=1S/C67H118O6/c1-4-7-10-13-16-19-21-23-25-27-29-30-31-32-33-34-35-36-38-39-41-43-45-48-51-54-57-60-66(69)72-63-64(62-71-65(68)59-56-53-50-47-18-15-12-9-6-3)73-67(70)61-58-55-52-49-46-44-42-40-37-28-26-24-22-20-17-14-11-8-5-2/h8,11,17,20-21,23-24,26-27,29,37,40,64H,4-7,9-10,12-16,18-19,22,25,28,30-36,38-39,41-63H2,1-3H3/b11-8-,20-17-,23-21-,26-24-,29-27-,40-37-. The molecule has 0 fully saturated rings. The van der Waals surface area contributed by atoms with E-state index in [0.717, 1.165) is 103 Å². The predicted octanol–water partition coefficient (Wildman–Crippen LogP) is 21.3. The van der Waals surface area contributed by atoms with E-state index in [2.05, 4.69) is 93.7 Å².